The van der Waals surface area contributed by atoms with Crippen molar-refractivity contribution in [3.8, 4) is 44.5 Å². The number of carbonyl (C=O) groups excluding carboxylic acids is 1. The van der Waals surface area contributed by atoms with Crippen LogP contribution in [0.25, 0.3) is 90.9 Å². The van der Waals surface area contributed by atoms with E-state index in [1.54, 1.807) is 0 Å². The van der Waals surface area contributed by atoms with Gasteiger partial charge in [0, 0.05) is 62.3 Å². The average molecular weight is 1050 g/mol. The smallest absolute Gasteiger partial charge is 0.150 e. The Labute approximate surface area is 473 Å². The van der Waals surface area contributed by atoms with Crippen LogP contribution in [0.4, 0.5) is 0 Å². The molecule has 80 heavy (non-hydrogen) atoms. The van der Waals surface area contributed by atoms with Gasteiger partial charge in [0.15, 0.2) is 0 Å². The van der Waals surface area contributed by atoms with Crippen molar-refractivity contribution in [3.63, 3.8) is 0 Å². The van der Waals surface area contributed by atoms with Crippen LogP contribution in [0.15, 0.2) is 188 Å². The summed E-state index contributed by atoms with van der Waals surface area (Å²) in [6, 6.07) is 62.3. The number of rotatable bonds is 12. The lowest BCUT2D eigenvalue weighted by atomic mass is 9.96. The van der Waals surface area contributed by atoms with Crippen LogP contribution in [0, 0.1) is 27.7 Å². The maximum absolute atomic E-state index is 10.9. The summed E-state index contributed by atoms with van der Waals surface area (Å²) in [5, 5.41) is 0. The quantitative estimate of drug-likeness (QED) is 0.107. The Kier molecular flexibility index (Phi) is 18.1. The first-order valence-corrected chi connectivity index (χ1v) is 27.8. The zero-order valence-corrected chi connectivity index (χ0v) is 46.3. The predicted octanol–water partition coefficient (Wildman–Crippen LogP) is 19.4. The molecule has 12 rings (SSSR count). The van der Waals surface area contributed by atoms with E-state index in [4.69, 9.17) is 9.97 Å². The summed E-state index contributed by atoms with van der Waals surface area (Å²) in [5.41, 5.74) is 27.5. The van der Waals surface area contributed by atoms with Crippen LogP contribution in [0.2, 0.25) is 0 Å². The van der Waals surface area contributed by atoms with Gasteiger partial charge < -0.3 is 15.0 Å². The van der Waals surface area contributed by atoms with E-state index >= 15 is 0 Å². The topological polar surface area (TPSA) is 90.2 Å². The number of aldehydes is 1. The highest BCUT2D eigenvalue weighted by Gasteiger charge is 2.19. The Morgan fingerprint density at radius 1 is 0.375 bits per heavy atom. The second kappa shape index (κ2) is 26.0. The number of aromatic nitrogens is 5. The van der Waals surface area contributed by atoms with Gasteiger partial charge in [0.05, 0.1) is 22.8 Å². The number of benzene rings is 6. The molecule has 0 aliphatic carbocycles. The maximum atomic E-state index is 10.9. The number of nitrogens with one attached hydrogen (secondary N) is 3. The third-order valence-corrected chi connectivity index (χ3v) is 14.5. The van der Waals surface area contributed by atoms with Crippen molar-refractivity contribution in [1.29, 1.82) is 0 Å². The Balaban J connectivity index is 0.000000229. The fraction of sp³-hybridized carbons (Fsp3) is 0.176. The molecule has 0 fully saturated rings. The summed E-state index contributed by atoms with van der Waals surface area (Å²) in [5.74, 6) is 0. The highest BCUT2D eigenvalue weighted by atomic mass is 16.1. The summed E-state index contributed by atoms with van der Waals surface area (Å²) in [6.07, 6.45) is 20.0. The molecule has 0 saturated heterocycles. The van der Waals surface area contributed by atoms with Crippen molar-refractivity contribution in [2.45, 2.75) is 87.5 Å². The van der Waals surface area contributed by atoms with Gasteiger partial charge in [-0.3, -0.25) is 4.79 Å². The lowest BCUT2D eigenvalue weighted by molar-refractivity contribution is 0.112. The number of fused-ring (bicyclic) bond motifs is 8. The summed E-state index contributed by atoms with van der Waals surface area (Å²) in [7, 11) is 0. The van der Waals surface area contributed by atoms with Crippen molar-refractivity contribution < 1.29 is 4.79 Å². The van der Waals surface area contributed by atoms with Crippen molar-refractivity contribution in [3.05, 3.63) is 261 Å². The third kappa shape index (κ3) is 13.2. The molecule has 4 aromatic heterocycles. The van der Waals surface area contributed by atoms with E-state index in [1.807, 2.05) is 42.7 Å². The Morgan fingerprint density at radius 3 is 1.02 bits per heavy atom. The number of aromatic amines is 3. The normalized spacial score (nSPS) is 11.3. The van der Waals surface area contributed by atoms with Gasteiger partial charge in [-0.1, -0.05) is 190 Å². The van der Waals surface area contributed by atoms with Crippen LogP contribution in [0.3, 0.4) is 0 Å². The zero-order chi connectivity index (χ0) is 54.7. The number of carbonyl (C=O) groups is 1. The first kappa shape index (κ1) is 55.6. The first-order chi connectivity index (χ1) is 38.6. The van der Waals surface area contributed by atoms with E-state index in [2.05, 4.69) is 226 Å². The molecule has 3 N–H and O–H groups in total. The van der Waals surface area contributed by atoms with Crippen molar-refractivity contribution in [2.75, 3.05) is 0 Å². The van der Waals surface area contributed by atoms with Crippen LogP contribution in [0.5, 0.6) is 0 Å². The monoisotopic (exact) mass is 1050 g/mol. The Morgan fingerprint density at radius 2 is 0.713 bits per heavy atom. The van der Waals surface area contributed by atoms with Crippen molar-refractivity contribution in [2.24, 2.45) is 0 Å². The molecule has 6 heterocycles. The molecular weight excluding hydrogens is 975 g/mol. The van der Waals surface area contributed by atoms with Crippen LogP contribution >= 0.6 is 0 Å². The summed E-state index contributed by atoms with van der Waals surface area (Å²) >= 11 is 0. The second-order valence-corrected chi connectivity index (χ2v) is 20.9. The second-order valence-electron chi connectivity index (χ2n) is 20.9. The first-order valence-electron chi connectivity index (χ1n) is 27.8. The molecule has 6 nitrogen and oxygen atoms in total. The van der Waals surface area contributed by atoms with Crippen molar-refractivity contribution >= 4 is 52.7 Å². The lowest BCUT2D eigenvalue weighted by Gasteiger charge is -2.09. The Bertz CT molecular complexity index is 3600. The minimum Gasteiger partial charge on any atom is -0.368 e. The van der Waals surface area contributed by atoms with E-state index in [9.17, 15) is 4.79 Å². The minimum absolute atomic E-state index is 0. The largest absolute Gasteiger partial charge is 0.368 e. The number of aryl methyl sites for hydroxylation is 8. The van der Waals surface area contributed by atoms with Gasteiger partial charge >= 0.3 is 0 Å². The molecule has 0 amide bonds. The molecule has 8 bridgehead atoms. The zero-order valence-electron chi connectivity index (χ0n) is 46.3. The van der Waals surface area contributed by atoms with Crippen LogP contribution in [-0.4, -0.2) is 31.2 Å². The van der Waals surface area contributed by atoms with Gasteiger partial charge in [-0.25, -0.2) is 9.97 Å². The molecule has 0 radical (unpaired) electrons. The summed E-state index contributed by atoms with van der Waals surface area (Å²) in [6.45, 7) is 13.0. The van der Waals surface area contributed by atoms with Crippen LogP contribution in [-0.2, 0) is 25.7 Å². The average Bonchev–Trinajstić information content (AvgIpc) is 4.44. The number of hydrogen-bond acceptors (Lipinski definition) is 3. The van der Waals surface area contributed by atoms with E-state index in [0.717, 1.165) is 127 Å². The van der Waals surface area contributed by atoms with Crippen LogP contribution in [0.1, 0.15) is 112 Å². The van der Waals surface area contributed by atoms with E-state index in [-0.39, 0.29) is 7.43 Å². The molecular formula is C74H73N5O. The molecule has 0 unspecified atom stereocenters. The Hall–Kier alpha value is -9.13. The highest BCUT2D eigenvalue weighted by Crippen LogP contribution is 2.39. The fourth-order valence-electron chi connectivity index (χ4n) is 10.9. The van der Waals surface area contributed by atoms with Crippen molar-refractivity contribution in [1.82, 2.24) is 24.9 Å². The summed E-state index contributed by atoms with van der Waals surface area (Å²) in [4.78, 5) is 32.3. The summed E-state index contributed by atoms with van der Waals surface area (Å²) < 4.78 is 0. The van der Waals surface area contributed by atoms with Gasteiger partial charge in [0.2, 0.25) is 0 Å². The van der Waals surface area contributed by atoms with E-state index < -0.39 is 0 Å². The SMILES string of the molecule is C.CCCc1cc(CCC)cc(CCc2cccc(C=O)c2)c1.Cc1cccc(-c2c3nc(c(-c4cccc(C)c4)c4ccc([nH]4)c(-c4cccc(C)c4)c4nc(c(-c5cccc(C)c5)c5ccc2[nH]5)C=C4)C=C3)c1.c1cc[nH]c1. The number of H-pyrrole nitrogens is 3. The molecule has 6 aromatic carbocycles. The van der Waals surface area contributed by atoms with Gasteiger partial charge in [-0.05, 0) is 165 Å². The van der Waals surface area contributed by atoms with Gasteiger partial charge in [-0.2, -0.15) is 0 Å². The molecule has 0 atom stereocenters. The molecule has 10 aromatic rings. The third-order valence-electron chi connectivity index (χ3n) is 14.5. The molecule has 2 aliphatic rings. The highest BCUT2D eigenvalue weighted by molar-refractivity contribution is 6.00. The predicted molar refractivity (Wildman–Crippen MR) is 341 cm³/mol. The number of nitrogens with zero attached hydrogens (tertiary/aromatic N) is 2. The van der Waals surface area contributed by atoms with Gasteiger partial charge in [0.1, 0.15) is 6.29 Å². The molecule has 400 valence electrons. The molecule has 0 spiro atoms. The van der Waals surface area contributed by atoms with Crippen LogP contribution < -0.4 is 0 Å². The minimum atomic E-state index is 0. The molecule has 0 saturated carbocycles. The lowest BCUT2D eigenvalue weighted by Crippen LogP contribution is -1.97. The van der Waals surface area contributed by atoms with E-state index in [0.29, 0.717) is 0 Å². The standard InChI is InChI=1S/C48H38N4.C21H26O.C4H5N.CH4/c1-29-9-5-13-33(25-29)45-37-17-19-39(49-37)46(34-14-6-10-30(2)26-34)41-21-23-43(51-41)48(36-16-8-12-32(4)28-36)44-24-22-42(52-44)47(40-20-18-38(45)50-40)35-15-7-11-31(3)27-35;1-3-6-18-13-19(7-4-2)15-20(14-18)11-10-17-8-5-9-21(12-17)16-22;1-2-4-5-3-1;/h5-28,49,52H,1-4H3;5,8-9,12-16H,3-4,6-7,10-11H2,1-2H3;1-5H;1H4. The number of hydrogen-bond donors (Lipinski definition) is 3. The molecule has 2 aliphatic heterocycles. The molecule has 6 heteroatoms. The van der Waals surface area contributed by atoms with Gasteiger partial charge in [-0.15, -0.1) is 0 Å². The van der Waals surface area contributed by atoms with Gasteiger partial charge in [0.25, 0.3) is 0 Å². The van der Waals surface area contributed by atoms with E-state index in [1.165, 1.54) is 57.3 Å². The maximum Gasteiger partial charge on any atom is 0.150 e. The fourth-order valence-corrected chi connectivity index (χ4v) is 10.9.